The lowest BCUT2D eigenvalue weighted by Gasteiger charge is -2.20. The fourth-order valence-electron chi connectivity index (χ4n) is 2.10. The maximum absolute atomic E-state index is 12.0. The predicted molar refractivity (Wildman–Crippen MR) is 67.3 cm³/mol. The molecule has 1 aliphatic heterocycles. The van der Waals surface area contributed by atoms with E-state index in [0.717, 1.165) is 11.1 Å². The summed E-state index contributed by atoms with van der Waals surface area (Å²) in [5.41, 5.74) is 2.15. The Balaban J connectivity index is 1.97. The summed E-state index contributed by atoms with van der Waals surface area (Å²) in [6.07, 6.45) is 0.00185. The number of carboxylic acids is 1. The van der Waals surface area contributed by atoms with Gasteiger partial charge in [-0.25, -0.2) is 9.59 Å². The van der Waals surface area contributed by atoms with E-state index in [2.05, 4.69) is 5.32 Å². The van der Waals surface area contributed by atoms with Crippen molar-refractivity contribution in [2.45, 2.75) is 25.6 Å². The van der Waals surface area contributed by atoms with Crippen molar-refractivity contribution in [1.29, 1.82) is 0 Å². The Morgan fingerprint density at radius 3 is 2.32 bits per heavy atom. The number of hydrogen-bond acceptors (Lipinski definition) is 3. The third-order valence-electron chi connectivity index (χ3n) is 3.14. The molecule has 102 valence electrons. The SMILES string of the molecule is O=C(O)C(CCO)NC(=O)N1Cc2ccccc2C1. The predicted octanol–water partition coefficient (Wildman–Crippen LogP) is 0.547. The average Bonchev–Trinajstić information content (AvgIpc) is 2.81. The van der Waals surface area contributed by atoms with Gasteiger partial charge in [-0.3, -0.25) is 0 Å². The van der Waals surface area contributed by atoms with Crippen LogP contribution in [0.15, 0.2) is 24.3 Å². The highest BCUT2D eigenvalue weighted by Gasteiger charge is 2.26. The van der Waals surface area contributed by atoms with Gasteiger partial charge in [0.15, 0.2) is 0 Å². The number of aliphatic carboxylic acids is 1. The van der Waals surface area contributed by atoms with Crippen molar-refractivity contribution in [2.75, 3.05) is 6.61 Å². The number of hydrogen-bond donors (Lipinski definition) is 3. The molecule has 0 aromatic heterocycles. The molecule has 1 atom stereocenters. The number of carboxylic acid groups (broad SMARTS) is 1. The maximum atomic E-state index is 12.0. The number of carbonyl (C=O) groups excluding carboxylic acids is 1. The van der Waals surface area contributed by atoms with Crippen molar-refractivity contribution in [2.24, 2.45) is 0 Å². The number of amides is 2. The first kappa shape index (κ1) is 13.4. The molecule has 1 aliphatic rings. The molecule has 6 nitrogen and oxygen atoms in total. The lowest BCUT2D eigenvalue weighted by Crippen LogP contribution is -2.46. The second kappa shape index (κ2) is 5.71. The van der Waals surface area contributed by atoms with E-state index in [-0.39, 0.29) is 13.0 Å². The van der Waals surface area contributed by atoms with Crippen LogP contribution in [0.25, 0.3) is 0 Å². The van der Waals surface area contributed by atoms with Crippen LogP contribution in [-0.4, -0.2) is 39.8 Å². The van der Waals surface area contributed by atoms with Gasteiger partial charge in [0, 0.05) is 26.1 Å². The number of nitrogens with zero attached hydrogens (tertiary/aromatic N) is 1. The summed E-state index contributed by atoms with van der Waals surface area (Å²) in [5, 5.41) is 20.1. The standard InChI is InChI=1S/C13H16N2O4/c16-6-5-11(12(17)18)14-13(19)15-7-9-3-1-2-4-10(9)8-15/h1-4,11,16H,5-8H2,(H,14,19)(H,17,18). The van der Waals surface area contributed by atoms with Gasteiger partial charge >= 0.3 is 12.0 Å². The van der Waals surface area contributed by atoms with Gasteiger partial charge in [0.25, 0.3) is 0 Å². The molecule has 3 N–H and O–H groups in total. The zero-order valence-electron chi connectivity index (χ0n) is 10.4. The quantitative estimate of drug-likeness (QED) is 0.740. The second-order valence-electron chi connectivity index (χ2n) is 4.48. The molecule has 6 heteroatoms. The van der Waals surface area contributed by atoms with E-state index >= 15 is 0 Å². The molecule has 19 heavy (non-hydrogen) atoms. The molecule has 0 spiro atoms. The summed E-state index contributed by atoms with van der Waals surface area (Å²) < 4.78 is 0. The Kier molecular flexibility index (Phi) is 4.01. The molecule has 0 radical (unpaired) electrons. The zero-order chi connectivity index (χ0) is 13.8. The monoisotopic (exact) mass is 264 g/mol. The minimum absolute atomic E-state index is 0.00185. The average molecular weight is 264 g/mol. The molecule has 1 aromatic rings. The van der Waals surface area contributed by atoms with E-state index in [9.17, 15) is 9.59 Å². The van der Waals surface area contributed by atoms with Crippen LogP contribution in [0.4, 0.5) is 4.79 Å². The van der Waals surface area contributed by atoms with Crippen LogP contribution in [0.3, 0.4) is 0 Å². The number of urea groups is 1. The number of aliphatic hydroxyl groups is 1. The van der Waals surface area contributed by atoms with Crippen LogP contribution in [0.5, 0.6) is 0 Å². The Labute approximate surface area is 110 Å². The Morgan fingerprint density at radius 1 is 1.26 bits per heavy atom. The first-order valence-corrected chi connectivity index (χ1v) is 6.07. The third kappa shape index (κ3) is 3.03. The van der Waals surface area contributed by atoms with Crippen LogP contribution in [-0.2, 0) is 17.9 Å². The minimum atomic E-state index is -1.14. The van der Waals surface area contributed by atoms with E-state index in [1.165, 1.54) is 0 Å². The van der Waals surface area contributed by atoms with Crippen molar-refractivity contribution in [3.05, 3.63) is 35.4 Å². The highest BCUT2D eigenvalue weighted by Crippen LogP contribution is 2.22. The zero-order valence-corrected chi connectivity index (χ0v) is 10.4. The molecule has 0 aliphatic carbocycles. The fraction of sp³-hybridized carbons (Fsp3) is 0.385. The molecule has 1 unspecified atom stereocenters. The molecule has 2 amide bonds. The highest BCUT2D eigenvalue weighted by atomic mass is 16.4. The Morgan fingerprint density at radius 2 is 1.84 bits per heavy atom. The summed E-state index contributed by atoms with van der Waals surface area (Å²) in [4.78, 5) is 24.4. The Bertz CT molecular complexity index is 464. The summed E-state index contributed by atoms with van der Waals surface area (Å²) in [6, 6.07) is 6.24. The number of carbonyl (C=O) groups is 2. The van der Waals surface area contributed by atoms with E-state index in [0.29, 0.717) is 13.1 Å². The molecular weight excluding hydrogens is 248 g/mol. The summed E-state index contributed by atoms with van der Waals surface area (Å²) in [6.45, 7) is 0.679. The van der Waals surface area contributed by atoms with E-state index in [1.54, 1.807) is 4.90 Å². The van der Waals surface area contributed by atoms with Gasteiger partial charge < -0.3 is 20.4 Å². The molecule has 0 saturated carbocycles. The minimum Gasteiger partial charge on any atom is -0.480 e. The van der Waals surface area contributed by atoms with Gasteiger partial charge in [-0.2, -0.15) is 0 Å². The number of fused-ring (bicyclic) bond motifs is 1. The van der Waals surface area contributed by atoms with Crippen molar-refractivity contribution in [1.82, 2.24) is 10.2 Å². The normalized spacial score (nSPS) is 14.9. The van der Waals surface area contributed by atoms with Crippen LogP contribution >= 0.6 is 0 Å². The molecule has 0 saturated heterocycles. The number of aliphatic hydroxyl groups excluding tert-OH is 1. The molecule has 0 bridgehead atoms. The van der Waals surface area contributed by atoms with Gasteiger partial charge in [0.05, 0.1) is 0 Å². The fourth-order valence-corrected chi connectivity index (χ4v) is 2.10. The molecule has 1 aromatic carbocycles. The third-order valence-corrected chi connectivity index (χ3v) is 3.14. The van der Waals surface area contributed by atoms with Crippen molar-refractivity contribution in [3.8, 4) is 0 Å². The second-order valence-corrected chi connectivity index (χ2v) is 4.48. The van der Waals surface area contributed by atoms with Gasteiger partial charge in [0.1, 0.15) is 6.04 Å². The van der Waals surface area contributed by atoms with E-state index in [4.69, 9.17) is 10.2 Å². The molecular formula is C13H16N2O4. The van der Waals surface area contributed by atoms with Gasteiger partial charge in [-0.1, -0.05) is 24.3 Å². The lowest BCUT2D eigenvalue weighted by molar-refractivity contribution is -0.139. The summed E-state index contributed by atoms with van der Waals surface area (Å²) in [7, 11) is 0. The smallest absolute Gasteiger partial charge is 0.326 e. The highest BCUT2D eigenvalue weighted by molar-refractivity contribution is 5.82. The van der Waals surface area contributed by atoms with Gasteiger partial charge in [-0.05, 0) is 11.1 Å². The Hall–Kier alpha value is -2.08. The van der Waals surface area contributed by atoms with Crippen LogP contribution in [0.1, 0.15) is 17.5 Å². The summed E-state index contributed by atoms with van der Waals surface area (Å²) in [5.74, 6) is -1.14. The topological polar surface area (TPSA) is 89.9 Å². The summed E-state index contributed by atoms with van der Waals surface area (Å²) >= 11 is 0. The molecule has 2 rings (SSSR count). The van der Waals surface area contributed by atoms with Crippen LogP contribution < -0.4 is 5.32 Å². The van der Waals surface area contributed by atoms with E-state index < -0.39 is 18.0 Å². The number of rotatable bonds is 4. The first-order valence-electron chi connectivity index (χ1n) is 6.07. The van der Waals surface area contributed by atoms with Crippen molar-refractivity contribution < 1.29 is 19.8 Å². The van der Waals surface area contributed by atoms with Gasteiger partial charge in [-0.15, -0.1) is 0 Å². The molecule has 0 fully saturated rings. The number of nitrogens with one attached hydrogen (secondary N) is 1. The van der Waals surface area contributed by atoms with Crippen molar-refractivity contribution in [3.63, 3.8) is 0 Å². The largest absolute Gasteiger partial charge is 0.480 e. The van der Waals surface area contributed by atoms with E-state index in [1.807, 2.05) is 24.3 Å². The first-order chi connectivity index (χ1) is 9.11. The number of benzene rings is 1. The van der Waals surface area contributed by atoms with Gasteiger partial charge in [0.2, 0.25) is 0 Å². The van der Waals surface area contributed by atoms with Crippen LogP contribution in [0, 0.1) is 0 Å². The van der Waals surface area contributed by atoms with Crippen molar-refractivity contribution >= 4 is 12.0 Å². The maximum Gasteiger partial charge on any atom is 0.326 e. The van der Waals surface area contributed by atoms with Crippen LogP contribution in [0.2, 0.25) is 0 Å². The molecule has 1 heterocycles. The lowest BCUT2D eigenvalue weighted by atomic mass is 10.1.